The van der Waals surface area contributed by atoms with Gasteiger partial charge in [0.1, 0.15) is 11.9 Å². The number of sulfone groups is 1. The van der Waals surface area contributed by atoms with E-state index in [0.717, 1.165) is 35.6 Å². The van der Waals surface area contributed by atoms with Gasteiger partial charge in [-0.25, -0.2) is 12.8 Å². The molecule has 0 aliphatic heterocycles. The zero-order valence-electron chi connectivity index (χ0n) is 17.5. The lowest BCUT2D eigenvalue weighted by atomic mass is 9.93. The monoisotopic (exact) mass is 463 g/mol. The number of esters is 1. The first-order chi connectivity index (χ1) is 14.6. The Hall–Kier alpha value is -2.38. The topological polar surface area (TPSA) is 65.4 Å². The summed E-state index contributed by atoms with van der Waals surface area (Å²) >= 11 is 6.05. The Balaban J connectivity index is 2.10. The van der Waals surface area contributed by atoms with Gasteiger partial charge in [0.05, 0.1) is 22.1 Å². The normalized spacial score (nSPS) is 17.4. The molecule has 164 valence electrons. The number of benzene rings is 2. The van der Waals surface area contributed by atoms with Crippen LogP contribution < -0.4 is 0 Å². The molecule has 0 radical (unpaired) electrons. The van der Waals surface area contributed by atoms with Gasteiger partial charge < -0.3 is 9.30 Å². The molecule has 0 unspecified atom stereocenters. The Morgan fingerprint density at radius 1 is 1.26 bits per heavy atom. The number of rotatable bonds is 4. The molecule has 5 nitrogen and oxygen atoms in total. The maximum atomic E-state index is 14.5. The Bertz CT molecular complexity index is 1280. The van der Waals surface area contributed by atoms with Gasteiger partial charge in [0.25, 0.3) is 0 Å². The second kappa shape index (κ2) is 7.95. The van der Waals surface area contributed by atoms with Crippen molar-refractivity contribution in [3.8, 4) is 0 Å². The number of carbonyl (C=O) groups excluding carboxylic acids is 1. The molecule has 1 aromatic heterocycles. The van der Waals surface area contributed by atoms with Gasteiger partial charge in [0.2, 0.25) is 0 Å². The first-order valence-corrected chi connectivity index (χ1v) is 12.3. The van der Waals surface area contributed by atoms with Gasteiger partial charge in [-0.1, -0.05) is 23.7 Å². The molecular weight excluding hydrogens is 441 g/mol. The first kappa shape index (κ1) is 21.8. The van der Waals surface area contributed by atoms with E-state index < -0.39 is 27.7 Å². The molecule has 2 aromatic carbocycles. The Kier molecular flexibility index (Phi) is 5.60. The molecule has 0 saturated heterocycles. The predicted octanol–water partition coefficient (Wildman–Crippen LogP) is 5.39. The van der Waals surface area contributed by atoms with Crippen molar-refractivity contribution < 1.29 is 22.3 Å². The molecule has 31 heavy (non-hydrogen) atoms. The average Bonchev–Trinajstić information content (AvgIpc) is 3.01. The minimum absolute atomic E-state index is 0.0701. The van der Waals surface area contributed by atoms with Crippen LogP contribution in [0.1, 0.15) is 55.7 Å². The summed E-state index contributed by atoms with van der Waals surface area (Å²) in [6.07, 6.45) is 2.57. The van der Waals surface area contributed by atoms with E-state index >= 15 is 0 Å². The van der Waals surface area contributed by atoms with Crippen molar-refractivity contribution in [3.63, 3.8) is 0 Å². The third-order valence-electron chi connectivity index (χ3n) is 5.82. The molecule has 1 aliphatic rings. The second-order valence-electron chi connectivity index (χ2n) is 8.02. The van der Waals surface area contributed by atoms with Crippen LogP contribution in [0.3, 0.4) is 0 Å². The summed E-state index contributed by atoms with van der Waals surface area (Å²) in [5.41, 5.74) is 2.91. The zero-order chi connectivity index (χ0) is 22.5. The van der Waals surface area contributed by atoms with Crippen molar-refractivity contribution in [2.24, 2.45) is 0 Å². The highest BCUT2D eigenvalue weighted by molar-refractivity contribution is 7.91. The highest BCUT2D eigenvalue weighted by atomic mass is 35.5. The molecule has 1 aliphatic carbocycles. The highest BCUT2D eigenvalue weighted by Gasteiger charge is 2.34. The first-order valence-electron chi connectivity index (χ1n) is 10.1. The number of aromatic nitrogens is 1. The largest absolute Gasteiger partial charge is 0.456 e. The van der Waals surface area contributed by atoms with E-state index in [1.807, 2.05) is 23.6 Å². The third-order valence-corrected chi connectivity index (χ3v) is 7.18. The molecule has 3 aromatic rings. The van der Waals surface area contributed by atoms with E-state index in [9.17, 15) is 17.6 Å². The summed E-state index contributed by atoms with van der Waals surface area (Å²) in [5.74, 6) is -1.02. The number of nitrogens with zero attached hydrogens (tertiary/aromatic N) is 1. The van der Waals surface area contributed by atoms with Crippen LogP contribution in [-0.2, 0) is 25.8 Å². The van der Waals surface area contributed by atoms with Gasteiger partial charge in [0.15, 0.2) is 9.84 Å². The number of hydrogen-bond acceptors (Lipinski definition) is 4. The van der Waals surface area contributed by atoms with Crippen LogP contribution in [0, 0.1) is 5.82 Å². The van der Waals surface area contributed by atoms with E-state index in [0.29, 0.717) is 28.8 Å². The lowest BCUT2D eigenvalue weighted by Crippen LogP contribution is -2.21. The van der Waals surface area contributed by atoms with Gasteiger partial charge in [0, 0.05) is 23.6 Å². The standard InChI is InChI=1S/C23H23ClFNO4S/c1-13(15-7-9-16(24)10-8-15)26-22-18(5-4-6-20(22)30-14(2)27)19-11-17(25)12-21(23(19)26)31(3,28)29/h7-13,20H,4-6H2,1-3H3/t13-,20-/m0/s1. The van der Waals surface area contributed by atoms with Crippen LogP contribution >= 0.6 is 11.6 Å². The summed E-state index contributed by atoms with van der Waals surface area (Å²) < 4.78 is 47.3. The number of carbonyl (C=O) groups is 1. The van der Waals surface area contributed by atoms with E-state index in [1.54, 1.807) is 12.1 Å². The summed E-state index contributed by atoms with van der Waals surface area (Å²) in [6.45, 7) is 3.29. The van der Waals surface area contributed by atoms with Crippen LogP contribution in [0.4, 0.5) is 4.39 Å². The van der Waals surface area contributed by atoms with Crippen molar-refractivity contribution in [2.45, 2.75) is 50.2 Å². The van der Waals surface area contributed by atoms with Crippen LogP contribution in [-0.4, -0.2) is 25.2 Å². The van der Waals surface area contributed by atoms with Crippen LogP contribution in [0.25, 0.3) is 10.9 Å². The predicted molar refractivity (Wildman–Crippen MR) is 118 cm³/mol. The maximum absolute atomic E-state index is 14.5. The number of halogens is 2. The number of ether oxygens (including phenoxy) is 1. The molecule has 0 saturated carbocycles. The molecule has 0 N–H and O–H groups in total. The van der Waals surface area contributed by atoms with Crippen molar-refractivity contribution in [2.75, 3.05) is 6.26 Å². The molecule has 0 fully saturated rings. The molecule has 2 atom stereocenters. The lowest BCUT2D eigenvalue weighted by molar-refractivity contribution is -0.147. The lowest BCUT2D eigenvalue weighted by Gasteiger charge is -2.28. The molecule has 0 bridgehead atoms. The van der Waals surface area contributed by atoms with Gasteiger partial charge in [-0.05, 0) is 61.6 Å². The van der Waals surface area contributed by atoms with Crippen molar-refractivity contribution in [1.29, 1.82) is 0 Å². The van der Waals surface area contributed by atoms with Gasteiger partial charge in [-0.2, -0.15) is 0 Å². The molecule has 0 spiro atoms. The fraction of sp³-hybridized carbons (Fsp3) is 0.348. The summed E-state index contributed by atoms with van der Waals surface area (Å²) in [6, 6.07) is 9.43. The molecule has 1 heterocycles. The molecular formula is C23H23ClFNO4S. The van der Waals surface area contributed by atoms with E-state index in [4.69, 9.17) is 16.3 Å². The Labute approximate surface area is 185 Å². The van der Waals surface area contributed by atoms with E-state index in [2.05, 4.69) is 0 Å². The number of aryl methyl sites for hydroxylation is 1. The minimum atomic E-state index is -3.73. The number of fused-ring (bicyclic) bond motifs is 3. The SMILES string of the molecule is CC(=O)O[C@H]1CCCc2c1n([C@@H](C)c1ccc(Cl)cc1)c1c(S(C)(=O)=O)cc(F)cc21. The fourth-order valence-corrected chi connectivity index (χ4v) is 5.57. The maximum Gasteiger partial charge on any atom is 0.303 e. The smallest absolute Gasteiger partial charge is 0.303 e. The summed E-state index contributed by atoms with van der Waals surface area (Å²) in [7, 11) is -3.73. The minimum Gasteiger partial charge on any atom is -0.456 e. The van der Waals surface area contributed by atoms with Crippen molar-refractivity contribution >= 4 is 38.3 Å². The molecule has 8 heteroatoms. The van der Waals surface area contributed by atoms with Gasteiger partial charge in [-0.15, -0.1) is 0 Å². The highest BCUT2D eigenvalue weighted by Crippen LogP contribution is 2.44. The van der Waals surface area contributed by atoms with Crippen molar-refractivity contribution in [3.05, 3.63) is 64.1 Å². The molecule has 4 rings (SSSR count). The Morgan fingerprint density at radius 2 is 1.94 bits per heavy atom. The fourth-order valence-electron chi connectivity index (χ4n) is 4.56. The van der Waals surface area contributed by atoms with Gasteiger partial charge >= 0.3 is 5.97 Å². The number of hydrogen-bond donors (Lipinski definition) is 0. The third kappa shape index (κ3) is 3.96. The van der Waals surface area contributed by atoms with E-state index in [-0.39, 0.29) is 10.9 Å². The quantitative estimate of drug-likeness (QED) is 0.487. The van der Waals surface area contributed by atoms with Gasteiger partial charge in [-0.3, -0.25) is 4.79 Å². The second-order valence-corrected chi connectivity index (χ2v) is 10.4. The van der Waals surface area contributed by atoms with Crippen LogP contribution in [0.15, 0.2) is 41.3 Å². The van der Waals surface area contributed by atoms with Crippen LogP contribution in [0.2, 0.25) is 5.02 Å². The summed E-state index contributed by atoms with van der Waals surface area (Å²) in [5, 5.41) is 1.14. The Morgan fingerprint density at radius 3 is 2.55 bits per heavy atom. The summed E-state index contributed by atoms with van der Waals surface area (Å²) in [4.78, 5) is 11.7. The van der Waals surface area contributed by atoms with Crippen LogP contribution in [0.5, 0.6) is 0 Å². The average molecular weight is 464 g/mol. The zero-order valence-corrected chi connectivity index (χ0v) is 19.1. The van der Waals surface area contributed by atoms with E-state index in [1.165, 1.54) is 13.0 Å². The van der Waals surface area contributed by atoms with Crippen molar-refractivity contribution in [1.82, 2.24) is 4.57 Å². The molecule has 0 amide bonds.